The predicted octanol–water partition coefficient (Wildman–Crippen LogP) is 3.51. The first-order valence-corrected chi connectivity index (χ1v) is 9.00. The highest BCUT2D eigenvalue weighted by molar-refractivity contribution is 7.89. The van der Waals surface area contributed by atoms with Crippen molar-refractivity contribution in [1.29, 1.82) is 0 Å². The lowest BCUT2D eigenvalue weighted by Gasteiger charge is -2.28. The molecule has 0 heterocycles. The Hall–Kier alpha value is -0.330. The molecule has 4 nitrogen and oxygen atoms in total. The molecule has 0 aliphatic heterocycles. The number of halogens is 2. The highest BCUT2D eigenvalue weighted by atomic mass is 35.5. The van der Waals surface area contributed by atoms with Gasteiger partial charge in [-0.3, -0.25) is 0 Å². The number of nitrogens with two attached hydrogens (primary N) is 1. The first-order valence-electron chi connectivity index (χ1n) is 6.81. The first-order chi connectivity index (χ1) is 9.61. The van der Waals surface area contributed by atoms with Crippen molar-refractivity contribution in [2.24, 2.45) is 11.7 Å². The fourth-order valence-corrected chi connectivity index (χ4v) is 4.75. The van der Waals surface area contributed by atoms with Crippen LogP contribution in [0.25, 0.3) is 0 Å². The molecule has 0 spiro atoms. The molecule has 21 heavy (non-hydrogen) atoms. The van der Waals surface area contributed by atoms with Gasteiger partial charge in [0.05, 0.1) is 5.02 Å². The molecule has 120 valence electrons. The fraction of sp³-hybridized carbons (Fsp3) is 0.571. The van der Waals surface area contributed by atoms with Gasteiger partial charge in [0.1, 0.15) is 4.90 Å². The Morgan fingerprint density at radius 3 is 2.19 bits per heavy atom. The fourth-order valence-electron chi connectivity index (χ4n) is 2.03. The molecule has 0 amide bonds. The Labute approximate surface area is 137 Å². The molecule has 0 aliphatic rings. The standard InChI is InChI=1S/C14H22Cl2N2O2S/c1-9(2)8-18(10(3)4)21(19,20)13-6-12(15)5-11(7-17)14(13)16/h5-6,9-10H,7-8,17H2,1-4H3. The molecule has 7 heteroatoms. The summed E-state index contributed by atoms with van der Waals surface area (Å²) in [7, 11) is -3.72. The Bertz CT molecular complexity index is 601. The van der Waals surface area contributed by atoms with Gasteiger partial charge in [-0.05, 0) is 37.5 Å². The van der Waals surface area contributed by atoms with E-state index < -0.39 is 10.0 Å². The van der Waals surface area contributed by atoms with Gasteiger partial charge in [0.25, 0.3) is 0 Å². The van der Waals surface area contributed by atoms with Gasteiger partial charge < -0.3 is 5.73 Å². The van der Waals surface area contributed by atoms with Crippen LogP contribution in [0.5, 0.6) is 0 Å². The maximum Gasteiger partial charge on any atom is 0.244 e. The number of benzene rings is 1. The Morgan fingerprint density at radius 1 is 1.19 bits per heavy atom. The molecular weight excluding hydrogens is 331 g/mol. The van der Waals surface area contributed by atoms with Crippen LogP contribution in [0.3, 0.4) is 0 Å². The predicted molar refractivity (Wildman–Crippen MR) is 88.2 cm³/mol. The Balaban J connectivity index is 3.44. The quantitative estimate of drug-likeness (QED) is 0.851. The average molecular weight is 353 g/mol. The number of nitrogens with zero attached hydrogens (tertiary/aromatic N) is 1. The highest BCUT2D eigenvalue weighted by Crippen LogP contribution is 2.32. The lowest BCUT2D eigenvalue weighted by Crippen LogP contribution is -2.39. The lowest BCUT2D eigenvalue weighted by molar-refractivity contribution is 0.319. The summed E-state index contributed by atoms with van der Waals surface area (Å²) >= 11 is 12.2. The third kappa shape index (κ3) is 4.33. The minimum atomic E-state index is -3.72. The van der Waals surface area contributed by atoms with E-state index in [4.69, 9.17) is 28.9 Å². The van der Waals surface area contributed by atoms with Crippen LogP contribution in [0.2, 0.25) is 10.0 Å². The van der Waals surface area contributed by atoms with Crippen molar-refractivity contribution in [2.45, 2.75) is 45.2 Å². The van der Waals surface area contributed by atoms with Gasteiger partial charge in [-0.15, -0.1) is 0 Å². The Morgan fingerprint density at radius 2 is 1.76 bits per heavy atom. The van der Waals surface area contributed by atoms with Crippen molar-refractivity contribution in [1.82, 2.24) is 4.31 Å². The third-order valence-electron chi connectivity index (χ3n) is 3.01. The second kappa shape index (κ2) is 7.29. The van der Waals surface area contributed by atoms with Crippen LogP contribution < -0.4 is 5.73 Å². The second-order valence-corrected chi connectivity index (χ2v) is 8.32. The van der Waals surface area contributed by atoms with Gasteiger partial charge in [0, 0.05) is 24.2 Å². The molecule has 0 unspecified atom stereocenters. The highest BCUT2D eigenvalue weighted by Gasteiger charge is 2.30. The summed E-state index contributed by atoms with van der Waals surface area (Å²) < 4.78 is 27.2. The zero-order valence-corrected chi connectivity index (χ0v) is 15.1. The zero-order chi connectivity index (χ0) is 16.4. The lowest BCUT2D eigenvalue weighted by atomic mass is 10.2. The van der Waals surface area contributed by atoms with E-state index in [0.717, 1.165) is 0 Å². The molecule has 0 aromatic heterocycles. The van der Waals surface area contributed by atoms with Gasteiger partial charge in [-0.1, -0.05) is 37.0 Å². The maximum absolute atomic E-state index is 12.9. The van der Waals surface area contributed by atoms with E-state index in [1.165, 1.54) is 10.4 Å². The van der Waals surface area contributed by atoms with E-state index in [-0.39, 0.29) is 28.4 Å². The van der Waals surface area contributed by atoms with Crippen LogP contribution in [0, 0.1) is 5.92 Å². The molecule has 2 N–H and O–H groups in total. The molecule has 0 saturated carbocycles. The largest absolute Gasteiger partial charge is 0.326 e. The van der Waals surface area contributed by atoms with Gasteiger partial charge >= 0.3 is 0 Å². The van der Waals surface area contributed by atoms with E-state index in [1.807, 2.05) is 27.7 Å². The van der Waals surface area contributed by atoms with E-state index in [1.54, 1.807) is 6.07 Å². The summed E-state index contributed by atoms with van der Waals surface area (Å²) in [4.78, 5) is 0.0199. The SMILES string of the molecule is CC(C)CN(C(C)C)S(=O)(=O)c1cc(Cl)cc(CN)c1Cl. The molecule has 0 aliphatic carbocycles. The third-order valence-corrected chi connectivity index (χ3v) is 5.85. The summed E-state index contributed by atoms with van der Waals surface area (Å²) in [5.41, 5.74) is 6.12. The van der Waals surface area contributed by atoms with E-state index in [0.29, 0.717) is 17.1 Å². The summed E-state index contributed by atoms with van der Waals surface area (Å²) in [6.07, 6.45) is 0. The van der Waals surface area contributed by atoms with Crippen molar-refractivity contribution < 1.29 is 8.42 Å². The molecule has 1 aromatic carbocycles. The molecule has 0 atom stereocenters. The van der Waals surface area contributed by atoms with Crippen LogP contribution in [0.1, 0.15) is 33.3 Å². The van der Waals surface area contributed by atoms with Gasteiger partial charge in [-0.2, -0.15) is 4.31 Å². The van der Waals surface area contributed by atoms with Crippen molar-refractivity contribution in [3.8, 4) is 0 Å². The maximum atomic E-state index is 12.9. The Kier molecular flexibility index (Phi) is 6.50. The molecule has 0 saturated heterocycles. The van der Waals surface area contributed by atoms with Gasteiger partial charge in [-0.25, -0.2) is 8.42 Å². The zero-order valence-electron chi connectivity index (χ0n) is 12.7. The summed E-state index contributed by atoms with van der Waals surface area (Å²) in [5, 5.41) is 0.461. The first kappa shape index (κ1) is 18.7. The minimum absolute atomic E-state index is 0.0199. The van der Waals surface area contributed by atoms with Crippen LogP contribution in [0.15, 0.2) is 17.0 Å². The molecule has 1 rings (SSSR count). The van der Waals surface area contributed by atoms with Gasteiger partial charge in [0.2, 0.25) is 10.0 Å². The summed E-state index contributed by atoms with van der Waals surface area (Å²) in [6.45, 7) is 8.16. The molecule has 0 radical (unpaired) electrons. The molecule has 1 aromatic rings. The van der Waals surface area contributed by atoms with E-state index in [9.17, 15) is 8.42 Å². The van der Waals surface area contributed by atoms with Crippen LogP contribution >= 0.6 is 23.2 Å². The van der Waals surface area contributed by atoms with Crippen molar-refractivity contribution >= 4 is 33.2 Å². The summed E-state index contributed by atoms with van der Waals surface area (Å²) in [5.74, 6) is 0.203. The number of hydrogen-bond donors (Lipinski definition) is 1. The molecular formula is C14H22Cl2N2O2S. The second-order valence-electron chi connectivity index (χ2n) is 5.64. The van der Waals surface area contributed by atoms with E-state index in [2.05, 4.69) is 0 Å². The van der Waals surface area contributed by atoms with E-state index >= 15 is 0 Å². The van der Waals surface area contributed by atoms with Crippen molar-refractivity contribution in [3.63, 3.8) is 0 Å². The molecule has 0 bridgehead atoms. The molecule has 0 fully saturated rings. The monoisotopic (exact) mass is 352 g/mol. The van der Waals surface area contributed by atoms with Crippen molar-refractivity contribution in [2.75, 3.05) is 6.54 Å². The number of hydrogen-bond acceptors (Lipinski definition) is 3. The van der Waals surface area contributed by atoms with Crippen molar-refractivity contribution in [3.05, 3.63) is 27.7 Å². The average Bonchev–Trinajstić information content (AvgIpc) is 2.37. The smallest absolute Gasteiger partial charge is 0.244 e. The summed E-state index contributed by atoms with van der Waals surface area (Å²) in [6, 6.07) is 2.80. The van der Waals surface area contributed by atoms with Gasteiger partial charge in [0.15, 0.2) is 0 Å². The normalized spacial score (nSPS) is 12.7. The number of sulfonamides is 1. The topological polar surface area (TPSA) is 63.4 Å². The minimum Gasteiger partial charge on any atom is -0.326 e. The van der Waals surface area contributed by atoms with Crippen LogP contribution in [-0.2, 0) is 16.6 Å². The van der Waals surface area contributed by atoms with Crippen LogP contribution in [-0.4, -0.2) is 25.3 Å². The van der Waals surface area contributed by atoms with Crippen LogP contribution in [0.4, 0.5) is 0 Å². The number of rotatable bonds is 6.